The molecule has 1 N–H and O–H groups in total. The average Bonchev–Trinajstić information content (AvgIpc) is 2.01. The van der Waals surface area contributed by atoms with Gasteiger partial charge in [-0.2, -0.15) is 5.26 Å². The third-order valence-electron chi connectivity index (χ3n) is 1.52. The van der Waals surface area contributed by atoms with E-state index < -0.39 is 0 Å². The monoisotopic (exact) mass is 163 g/mol. The van der Waals surface area contributed by atoms with Gasteiger partial charge in [0.15, 0.2) is 0 Å². The van der Waals surface area contributed by atoms with Crippen LogP contribution in [0.3, 0.4) is 0 Å². The molecule has 0 saturated heterocycles. The van der Waals surface area contributed by atoms with Crippen molar-refractivity contribution in [3.63, 3.8) is 0 Å². The molecule has 0 aromatic carbocycles. The molecule has 1 unspecified atom stereocenters. The van der Waals surface area contributed by atoms with Crippen molar-refractivity contribution >= 4 is 0 Å². The summed E-state index contributed by atoms with van der Waals surface area (Å²) in [6.45, 7) is 3.40. The van der Waals surface area contributed by atoms with E-state index in [1.807, 2.05) is 6.07 Å². The second kappa shape index (κ2) is 3.18. The maximum atomic E-state index is 10.9. The lowest BCUT2D eigenvalue weighted by atomic mass is 10.1. The van der Waals surface area contributed by atoms with Crippen LogP contribution in [0.15, 0.2) is 10.9 Å². The van der Waals surface area contributed by atoms with Crippen LogP contribution in [0, 0.1) is 18.3 Å². The Balaban J connectivity index is 3.19. The number of aromatic amines is 1. The fourth-order valence-electron chi connectivity index (χ4n) is 0.891. The molecule has 0 fully saturated rings. The quantitative estimate of drug-likeness (QED) is 0.662. The molecule has 0 radical (unpaired) electrons. The number of nitriles is 1. The first-order valence-corrected chi connectivity index (χ1v) is 3.61. The smallest absolute Gasteiger partial charge is 0.251 e. The minimum absolute atomic E-state index is 0.209. The number of hydrogen-bond donors (Lipinski definition) is 1. The predicted octanol–water partition coefficient (Wildman–Crippen LogP) is 0.705. The maximum Gasteiger partial charge on any atom is 0.251 e. The van der Waals surface area contributed by atoms with Crippen LogP contribution in [0.4, 0.5) is 0 Å². The molecule has 0 bridgehead atoms. The summed E-state index contributed by atoms with van der Waals surface area (Å²) in [7, 11) is 0. The van der Waals surface area contributed by atoms with E-state index in [9.17, 15) is 4.79 Å². The third kappa shape index (κ3) is 1.70. The number of aryl methyl sites for hydroxylation is 1. The van der Waals surface area contributed by atoms with Crippen molar-refractivity contribution in [2.24, 2.45) is 0 Å². The summed E-state index contributed by atoms with van der Waals surface area (Å²) in [5, 5.41) is 8.57. The van der Waals surface area contributed by atoms with Gasteiger partial charge in [0.05, 0.1) is 17.7 Å². The summed E-state index contributed by atoms with van der Waals surface area (Å²) in [6.07, 6.45) is 0. The van der Waals surface area contributed by atoms with Crippen LogP contribution >= 0.6 is 0 Å². The Morgan fingerprint density at radius 2 is 2.42 bits per heavy atom. The van der Waals surface area contributed by atoms with E-state index in [-0.39, 0.29) is 11.5 Å². The van der Waals surface area contributed by atoms with Gasteiger partial charge in [0.1, 0.15) is 5.82 Å². The molecule has 1 rings (SSSR count). The van der Waals surface area contributed by atoms with Crippen LogP contribution in [0.5, 0.6) is 0 Å². The van der Waals surface area contributed by atoms with Crippen LogP contribution in [0.25, 0.3) is 0 Å². The third-order valence-corrected chi connectivity index (χ3v) is 1.52. The van der Waals surface area contributed by atoms with Crippen molar-refractivity contribution in [2.45, 2.75) is 19.8 Å². The number of nitrogens with zero attached hydrogens (tertiary/aromatic N) is 2. The SMILES string of the molecule is Cc1nc(C(C)C#N)cc(=O)[nH]1. The van der Waals surface area contributed by atoms with E-state index in [4.69, 9.17) is 5.26 Å². The highest BCUT2D eigenvalue weighted by Crippen LogP contribution is 2.07. The van der Waals surface area contributed by atoms with Gasteiger partial charge in [-0.1, -0.05) is 0 Å². The highest BCUT2D eigenvalue weighted by atomic mass is 16.1. The number of hydrogen-bond acceptors (Lipinski definition) is 3. The molecule has 12 heavy (non-hydrogen) atoms. The van der Waals surface area contributed by atoms with Gasteiger partial charge in [-0.05, 0) is 13.8 Å². The molecular formula is C8H9N3O. The lowest BCUT2D eigenvalue weighted by molar-refractivity contribution is 0.867. The Morgan fingerprint density at radius 3 is 2.92 bits per heavy atom. The van der Waals surface area contributed by atoms with Gasteiger partial charge in [0.25, 0.3) is 5.56 Å². The number of aromatic nitrogens is 2. The first kappa shape index (κ1) is 8.47. The van der Waals surface area contributed by atoms with Gasteiger partial charge in [0.2, 0.25) is 0 Å². The molecule has 0 saturated carbocycles. The summed E-state index contributed by atoms with van der Waals surface area (Å²) in [6, 6.07) is 3.37. The van der Waals surface area contributed by atoms with Gasteiger partial charge < -0.3 is 4.98 Å². The van der Waals surface area contributed by atoms with E-state index >= 15 is 0 Å². The summed E-state index contributed by atoms with van der Waals surface area (Å²) in [4.78, 5) is 17.5. The van der Waals surface area contributed by atoms with Crippen molar-refractivity contribution in [1.29, 1.82) is 5.26 Å². The molecule has 4 heteroatoms. The lowest BCUT2D eigenvalue weighted by Crippen LogP contribution is -2.11. The number of nitrogens with one attached hydrogen (secondary N) is 1. The van der Waals surface area contributed by atoms with Crippen LogP contribution in [0.2, 0.25) is 0 Å². The minimum Gasteiger partial charge on any atom is -0.311 e. The van der Waals surface area contributed by atoms with Gasteiger partial charge in [-0.25, -0.2) is 4.98 Å². The van der Waals surface area contributed by atoms with E-state index in [0.717, 1.165) is 0 Å². The van der Waals surface area contributed by atoms with Crippen molar-refractivity contribution in [3.8, 4) is 6.07 Å². The second-order valence-corrected chi connectivity index (χ2v) is 2.61. The van der Waals surface area contributed by atoms with Crippen molar-refractivity contribution in [3.05, 3.63) is 27.9 Å². The van der Waals surface area contributed by atoms with Crippen molar-refractivity contribution in [2.75, 3.05) is 0 Å². The largest absolute Gasteiger partial charge is 0.311 e. The highest BCUT2D eigenvalue weighted by molar-refractivity contribution is 5.14. The average molecular weight is 163 g/mol. The minimum atomic E-state index is -0.328. The zero-order valence-corrected chi connectivity index (χ0v) is 6.96. The first-order valence-electron chi connectivity index (χ1n) is 3.61. The fraction of sp³-hybridized carbons (Fsp3) is 0.375. The van der Waals surface area contributed by atoms with E-state index in [0.29, 0.717) is 11.5 Å². The number of rotatable bonds is 1. The molecule has 1 aromatic heterocycles. The zero-order valence-electron chi connectivity index (χ0n) is 6.96. The lowest BCUT2D eigenvalue weighted by Gasteiger charge is -2.00. The standard InChI is InChI=1S/C8H9N3O/c1-5(4-9)7-3-8(12)11-6(2)10-7/h3,5H,1-2H3,(H,10,11,12). The molecule has 0 aliphatic heterocycles. The van der Waals surface area contributed by atoms with E-state index in [2.05, 4.69) is 9.97 Å². The molecule has 1 heterocycles. The van der Waals surface area contributed by atoms with Crippen LogP contribution in [-0.2, 0) is 0 Å². The molecule has 1 aromatic rings. The Morgan fingerprint density at radius 1 is 1.75 bits per heavy atom. The van der Waals surface area contributed by atoms with Gasteiger partial charge in [0, 0.05) is 6.07 Å². The Bertz CT molecular complexity index is 375. The van der Waals surface area contributed by atoms with Crippen LogP contribution in [0.1, 0.15) is 24.4 Å². The maximum absolute atomic E-state index is 10.9. The molecule has 62 valence electrons. The summed E-state index contributed by atoms with van der Waals surface area (Å²) < 4.78 is 0. The molecule has 0 spiro atoms. The van der Waals surface area contributed by atoms with E-state index in [1.165, 1.54) is 6.07 Å². The summed E-state index contributed by atoms with van der Waals surface area (Å²) in [5.41, 5.74) is 0.318. The summed E-state index contributed by atoms with van der Waals surface area (Å²) >= 11 is 0. The first-order chi connectivity index (χ1) is 5.63. The predicted molar refractivity (Wildman–Crippen MR) is 43.6 cm³/mol. The number of H-pyrrole nitrogens is 1. The molecule has 0 amide bonds. The molecular weight excluding hydrogens is 154 g/mol. The Labute approximate surface area is 69.9 Å². The Hall–Kier alpha value is -1.63. The van der Waals surface area contributed by atoms with Gasteiger partial charge >= 0.3 is 0 Å². The van der Waals surface area contributed by atoms with Crippen LogP contribution in [-0.4, -0.2) is 9.97 Å². The van der Waals surface area contributed by atoms with Crippen molar-refractivity contribution < 1.29 is 0 Å². The van der Waals surface area contributed by atoms with E-state index in [1.54, 1.807) is 13.8 Å². The van der Waals surface area contributed by atoms with Gasteiger partial charge in [-0.15, -0.1) is 0 Å². The normalized spacial score (nSPS) is 12.1. The van der Waals surface area contributed by atoms with Gasteiger partial charge in [-0.3, -0.25) is 4.79 Å². The van der Waals surface area contributed by atoms with Crippen LogP contribution < -0.4 is 5.56 Å². The zero-order chi connectivity index (χ0) is 9.14. The molecule has 4 nitrogen and oxygen atoms in total. The fourth-order valence-corrected chi connectivity index (χ4v) is 0.891. The second-order valence-electron chi connectivity index (χ2n) is 2.61. The van der Waals surface area contributed by atoms with Crippen molar-refractivity contribution in [1.82, 2.24) is 9.97 Å². The topological polar surface area (TPSA) is 69.5 Å². The highest BCUT2D eigenvalue weighted by Gasteiger charge is 2.06. The molecule has 0 aliphatic rings. The Kier molecular flexibility index (Phi) is 2.24. The molecule has 0 aliphatic carbocycles. The molecule has 1 atom stereocenters. The summed E-state index contributed by atoms with van der Waals surface area (Å²) in [5.74, 6) is 0.214.